The van der Waals surface area contributed by atoms with Crippen LogP contribution in [0, 0.1) is 0 Å². The van der Waals surface area contributed by atoms with Gasteiger partial charge in [0.25, 0.3) is 5.91 Å². The molecular weight excluding hydrogens is 366 g/mol. The van der Waals surface area contributed by atoms with Gasteiger partial charge in [0.2, 0.25) is 5.88 Å². The Hall–Kier alpha value is -4.00. The van der Waals surface area contributed by atoms with Crippen LogP contribution in [0.3, 0.4) is 0 Å². The van der Waals surface area contributed by atoms with Crippen LogP contribution < -0.4 is 10.1 Å². The van der Waals surface area contributed by atoms with Gasteiger partial charge in [0.05, 0.1) is 0 Å². The summed E-state index contributed by atoms with van der Waals surface area (Å²) in [5, 5.41) is 11.1. The van der Waals surface area contributed by atoms with E-state index in [1.165, 1.54) is 5.56 Å². The van der Waals surface area contributed by atoms with E-state index in [2.05, 4.69) is 27.4 Å². The lowest BCUT2D eigenvalue weighted by Gasteiger charge is -2.08. The summed E-state index contributed by atoms with van der Waals surface area (Å²) in [7, 11) is 0. The molecule has 0 atom stereocenters. The second-order valence-electron chi connectivity index (χ2n) is 6.33. The summed E-state index contributed by atoms with van der Waals surface area (Å²) in [5.41, 5.74) is 2.50. The quantitative estimate of drug-likeness (QED) is 0.536. The number of hydrogen-bond acceptors (Lipinski definition) is 5. The van der Waals surface area contributed by atoms with Gasteiger partial charge in [-0.1, -0.05) is 19.1 Å². The van der Waals surface area contributed by atoms with Crippen molar-refractivity contribution in [1.29, 1.82) is 0 Å². The monoisotopic (exact) mass is 385 g/mol. The number of hydrogen-bond donors (Lipinski definition) is 1. The summed E-state index contributed by atoms with van der Waals surface area (Å²) in [6.07, 6.45) is 6.05. The predicted octanol–water partition coefficient (Wildman–Crippen LogP) is 4.27. The van der Waals surface area contributed by atoms with E-state index in [-0.39, 0.29) is 5.91 Å². The zero-order valence-corrected chi connectivity index (χ0v) is 15.8. The molecule has 7 heteroatoms. The zero-order chi connectivity index (χ0) is 20.1. The van der Waals surface area contributed by atoms with Crippen LogP contribution in [-0.4, -0.2) is 25.7 Å². The second-order valence-corrected chi connectivity index (χ2v) is 6.33. The fourth-order valence-electron chi connectivity index (χ4n) is 2.72. The van der Waals surface area contributed by atoms with Crippen molar-refractivity contribution in [2.45, 2.75) is 13.3 Å². The van der Waals surface area contributed by atoms with Crippen LogP contribution in [0.25, 0.3) is 5.82 Å². The van der Waals surface area contributed by atoms with E-state index in [1.807, 2.05) is 24.3 Å². The van der Waals surface area contributed by atoms with E-state index in [9.17, 15) is 4.79 Å². The van der Waals surface area contributed by atoms with E-state index in [1.54, 1.807) is 59.7 Å². The Balaban J connectivity index is 1.38. The lowest BCUT2D eigenvalue weighted by molar-refractivity contribution is 0.102. The van der Waals surface area contributed by atoms with Crippen molar-refractivity contribution in [2.24, 2.45) is 0 Å². The summed E-state index contributed by atoms with van der Waals surface area (Å²) in [4.78, 5) is 16.3. The molecule has 0 spiro atoms. The number of nitrogens with one attached hydrogen (secondary N) is 1. The van der Waals surface area contributed by atoms with Crippen molar-refractivity contribution in [3.63, 3.8) is 0 Å². The average Bonchev–Trinajstić information content (AvgIpc) is 3.31. The summed E-state index contributed by atoms with van der Waals surface area (Å²) in [5.74, 6) is 1.48. The van der Waals surface area contributed by atoms with Crippen LogP contribution in [0.4, 0.5) is 5.69 Å². The standard InChI is InChI=1S/C22H19N5O2/c1-2-16-3-5-17(6-4-16)22(28)24-18-7-9-19(10-8-18)29-21-12-11-20(25-26-21)27-14-13-23-15-27/h3-15H,2H2,1H3,(H,24,28). The minimum Gasteiger partial charge on any atom is -0.438 e. The van der Waals surface area contributed by atoms with E-state index in [0.717, 1.165) is 6.42 Å². The van der Waals surface area contributed by atoms with Gasteiger partial charge in [-0.2, -0.15) is 0 Å². The number of carbonyl (C=O) groups excluding carboxylic acids is 1. The highest BCUT2D eigenvalue weighted by Crippen LogP contribution is 2.22. The number of nitrogens with zero attached hydrogens (tertiary/aromatic N) is 4. The van der Waals surface area contributed by atoms with Gasteiger partial charge in [0.1, 0.15) is 12.1 Å². The van der Waals surface area contributed by atoms with Crippen molar-refractivity contribution in [3.8, 4) is 17.4 Å². The summed E-state index contributed by atoms with van der Waals surface area (Å²) >= 11 is 0. The molecule has 7 nitrogen and oxygen atoms in total. The van der Waals surface area contributed by atoms with Crippen LogP contribution in [0.15, 0.2) is 79.4 Å². The molecular formula is C22H19N5O2. The molecule has 0 saturated heterocycles. The Morgan fingerprint density at radius 3 is 2.41 bits per heavy atom. The first kappa shape index (κ1) is 18.4. The number of imidazole rings is 1. The van der Waals surface area contributed by atoms with Crippen LogP contribution in [0.5, 0.6) is 11.6 Å². The molecule has 4 rings (SSSR count). The molecule has 2 aromatic heterocycles. The van der Waals surface area contributed by atoms with Gasteiger partial charge in [-0.05, 0) is 54.4 Å². The number of aromatic nitrogens is 4. The average molecular weight is 385 g/mol. The lowest BCUT2D eigenvalue weighted by Crippen LogP contribution is -2.11. The van der Waals surface area contributed by atoms with Gasteiger partial charge < -0.3 is 10.1 Å². The molecule has 0 aliphatic heterocycles. The first-order valence-electron chi connectivity index (χ1n) is 9.21. The van der Waals surface area contributed by atoms with Crippen molar-refractivity contribution in [2.75, 3.05) is 5.32 Å². The number of ether oxygens (including phenoxy) is 1. The molecule has 0 aliphatic carbocycles. The fraction of sp³-hybridized carbons (Fsp3) is 0.0909. The first-order chi connectivity index (χ1) is 14.2. The molecule has 0 radical (unpaired) electrons. The topological polar surface area (TPSA) is 81.9 Å². The molecule has 1 N–H and O–H groups in total. The highest BCUT2D eigenvalue weighted by Gasteiger charge is 2.07. The van der Waals surface area contributed by atoms with E-state index < -0.39 is 0 Å². The molecule has 0 saturated carbocycles. The number of benzene rings is 2. The molecule has 2 aromatic carbocycles. The summed E-state index contributed by atoms with van der Waals surface area (Å²) in [6, 6.07) is 18.2. The van der Waals surface area contributed by atoms with Gasteiger partial charge in [0.15, 0.2) is 5.82 Å². The maximum Gasteiger partial charge on any atom is 0.255 e. The third-order valence-electron chi connectivity index (χ3n) is 4.35. The van der Waals surface area contributed by atoms with Crippen molar-refractivity contribution in [1.82, 2.24) is 19.7 Å². The molecule has 1 amide bonds. The predicted molar refractivity (Wildman–Crippen MR) is 109 cm³/mol. The summed E-state index contributed by atoms with van der Waals surface area (Å²) < 4.78 is 7.46. The molecule has 0 unspecified atom stereocenters. The number of aryl methyl sites for hydroxylation is 1. The van der Waals surface area contributed by atoms with Gasteiger partial charge in [0, 0.05) is 29.7 Å². The molecule has 144 valence electrons. The zero-order valence-electron chi connectivity index (χ0n) is 15.8. The van der Waals surface area contributed by atoms with Crippen molar-refractivity contribution < 1.29 is 9.53 Å². The molecule has 4 aromatic rings. The number of anilines is 1. The van der Waals surface area contributed by atoms with Gasteiger partial charge >= 0.3 is 0 Å². The minimum absolute atomic E-state index is 0.151. The Labute approximate surface area is 168 Å². The van der Waals surface area contributed by atoms with E-state index in [0.29, 0.717) is 28.7 Å². The van der Waals surface area contributed by atoms with Crippen LogP contribution >= 0.6 is 0 Å². The highest BCUT2D eigenvalue weighted by molar-refractivity contribution is 6.04. The van der Waals surface area contributed by atoms with E-state index in [4.69, 9.17) is 4.74 Å². The molecule has 0 bridgehead atoms. The number of carbonyl (C=O) groups is 1. The van der Waals surface area contributed by atoms with Crippen LogP contribution in [0.2, 0.25) is 0 Å². The van der Waals surface area contributed by atoms with Gasteiger partial charge in [-0.25, -0.2) is 4.98 Å². The van der Waals surface area contributed by atoms with Gasteiger partial charge in [-0.3, -0.25) is 9.36 Å². The Kier molecular flexibility index (Phi) is 5.29. The molecule has 0 fully saturated rings. The maximum absolute atomic E-state index is 12.4. The second kappa shape index (κ2) is 8.35. The normalized spacial score (nSPS) is 10.5. The maximum atomic E-state index is 12.4. The van der Waals surface area contributed by atoms with Gasteiger partial charge in [-0.15, -0.1) is 10.2 Å². The molecule has 29 heavy (non-hydrogen) atoms. The fourth-order valence-corrected chi connectivity index (χ4v) is 2.72. The Morgan fingerprint density at radius 2 is 1.79 bits per heavy atom. The lowest BCUT2D eigenvalue weighted by atomic mass is 10.1. The largest absolute Gasteiger partial charge is 0.438 e. The molecule has 2 heterocycles. The van der Waals surface area contributed by atoms with Crippen LogP contribution in [0.1, 0.15) is 22.8 Å². The first-order valence-corrected chi connectivity index (χ1v) is 9.21. The van der Waals surface area contributed by atoms with Crippen molar-refractivity contribution >= 4 is 11.6 Å². The third-order valence-corrected chi connectivity index (χ3v) is 4.35. The smallest absolute Gasteiger partial charge is 0.255 e. The minimum atomic E-state index is -0.151. The van der Waals surface area contributed by atoms with Crippen molar-refractivity contribution in [3.05, 3.63) is 90.5 Å². The third kappa shape index (κ3) is 4.47. The number of rotatable bonds is 6. The SMILES string of the molecule is CCc1ccc(C(=O)Nc2ccc(Oc3ccc(-n4ccnc4)nn3)cc2)cc1. The highest BCUT2D eigenvalue weighted by atomic mass is 16.5. The number of amides is 1. The Bertz CT molecular complexity index is 1070. The Morgan fingerprint density at radius 1 is 1.00 bits per heavy atom. The van der Waals surface area contributed by atoms with Crippen LogP contribution in [-0.2, 0) is 6.42 Å². The summed E-state index contributed by atoms with van der Waals surface area (Å²) in [6.45, 7) is 2.08. The van der Waals surface area contributed by atoms with E-state index >= 15 is 0 Å². The molecule has 0 aliphatic rings.